The second-order valence-electron chi connectivity index (χ2n) is 8.89. The summed E-state index contributed by atoms with van der Waals surface area (Å²) in [5.41, 5.74) is 2.85. The minimum absolute atomic E-state index is 0.0498. The summed E-state index contributed by atoms with van der Waals surface area (Å²) in [5.74, 6) is 1.52. The van der Waals surface area contributed by atoms with Gasteiger partial charge in [-0.05, 0) is 66.4 Å². The van der Waals surface area contributed by atoms with Gasteiger partial charge in [0.2, 0.25) is 5.76 Å². The number of hydrogen-bond acceptors (Lipinski definition) is 6. The maximum atomic E-state index is 13.8. The third kappa shape index (κ3) is 4.29. The first-order chi connectivity index (χ1) is 17.9. The summed E-state index contributed by atoms with van der Waals surface area (Å²) in [7, 11) is 4.72. The molecule has 0 fully saturated rings. The molecule has 4 aromatic rings. The number of aryl methyl sites for hydroxylation is 1. The molecule has 0 saturated heterocycles. The van der Waals surface area contributed by atoms with E-state index in [0.717, 1.165) is 16.9 Å². The van der Waals surface area contributed by atoms with Gasteiger partial charge < -0.3 is 23.5 Å². The van der Waals surface area contributed by atoms with Crippen molar-refractivity contribution in [2.24, 2.45) is 0 Å². The third-order valence-corrected chi connectivity index (χ3v) is 7.18. The number of hydrogen-bond donors (Lipinski definition) is 0. The van der Waals surface area contributed by atoms with Crippen LogP contribution in [-0.4, -0.2) is 38.7 Å². The van der Waals surface area contributed by atoms with Crippen LogP contribution in [0.2, 0.25) is 5.02 Å². The van der Waals surface area contributed by atoms with Crippen molar-refractivity contribution in [2.45, 2.75) is 19.4 Å². The van der Waals surface area contributed by atoms with E-state index >= 15 is 0 Å². The molecule has 1 amide bonds. The maximum absolute atomic E-state index is 13.8. The Morgan fingerprint density at radius 2 is 1.65 bits per heavy atom. The molecule has 190 valence electrons. The van der Waals surface area contributed by atoms with E-state index in [1.165, 1.54) is 0 Å². The van der Waals surface area contributed by atoms with Crippen LogP contribution >= 0.6 is 11.6 Å². The van der Waals surface area contributed by atoms with Crippen LogP contribution in [0.15, 0.2) is 63.8 Å². The molecule has 0 saturated carbocycles. The summed E-state index contributed by atoms with van der Waals surface area (Å²) in [6.07, 6.45) is 0.576. The molecule has 5 rings (SSSR count). The topological polar surface area (TPSA) is 78.2 Å². The van der Waals surface area contributed by atoms with Crippen molar-refractivity contribution >= 4 is 28.5 Å². The van der Waals surface area contributed by atoms with Crippen LogP contribution in [-0.2, 0) is 6.42 Å². The number of benzene rings is 3. The van der Waals surface area contributed by atoms with Crippen molar-refractivity contribution < 1.29 is 23.4 Å². The van der Waals surface area contributed by atoms with E-state index in [1.807, 2.05) is 37.3 Å². The van der Waals surface area contributed by atoms with Gasteiger partial charge in [0.15, 0.2) is 16.9 Å². The summed E-state index contributed by atoms with van der Waals surface area (Å²) in [4.78, 5) is 29.2. The van der Waals surface area contributed by atoms with Gasteiger partial charge in [0.25, 0.3) is 5.91 Å². The molecular weight excluding hydrogens is 494 g/mol. The maximum Gasteiger partial charge on any atom is 0.290 e. The average molecular weight is 520 g/mol. The highest BCUT2D eigenvalue weighted by atomic mass is 35.5. The Kier molecular flexibility index (Phi) is 6.56. The lowest BCUT2D eigenvalue weighted by Crippen LogP contribution is -2.31. The van der Waals surface area contributed by atoms with Crippen molar-refractivity contribution in [3.05, 3.63) is 97.9 Å². The summed E-state index contributed by atoms with van der Waals surface area (Å²) < 4.78 is 22.2. The molecule has 1 aromatic heterocycles. The van der Waals surface area contributed by atoms with Crippen molar-refractivity contribution in [3.63, 3.8) is 0 Å². The average Bonchev–Trinajstić information content (AvgIpc) is 3.20. The molecular formula is C29H26ClNO6. The van der Waals surface area contributed by atoms with Crippen LogP contribution in [0.4, 0.5) is 0 Å². The van der Waals surface area contributed by atoms with Crippen molar-refractivity contribution in [1.82, 2.24) is 4.90 Å². The van der Waals surface area contributed by atoms with E-state index in [4.69, 9.17) is 30.2 Å². The molecule has 3 aromatic carbocycles. The number of ether oxygens (including phenoxy) is 3. The van der Waals surface area contributed by atoms with Gasteiger partial charge in [-0.15, -0.1) is 0 Å². The molecule has 8 heteroatoms. The lowest BCUT2D eigenvalue weighted by Gasteiger charge is -2.26. The zero-order valence-corrected chi connectivity index (χ0v) is 21.7. The number of halogens is 1. The summed E-state index contributed by atoms with van der Waals surface area (Å²) in [6, 6.07) is 15.7. The Balaban J connectivity index is 1.64. The van der Waals surface area contributed by atoms with E-state index in [0.29, 0.717) is 51.6 Å². The minimum Gasteiger partial charge on any atom is -0.497 e. The fourth-order valence-corrected chi connectivity index (χ4v) is 4.95. The van der Waals surface area contributed by atoms with Gasteiger partial charge in [0.1, 0.15) is 11.3 Å². The molecule has 1 unspecified atom stereocenters. The largest absolute Gasteiger partial charge is 0.497 e. The van der Waals surface area contributed by atoms with Gasteiger partial charge in [0.05, 0.1) is 38.3 Å². The molecule has 0 spiro atoms. The normalized spacial score (nSPS) is 14.7. The Morgan fingerprint density at radius 3 is 2.32 bits per heavy atom. The Hall–Kier alpha value is -3.97. The van der Waals surface area contributed by atoms with Crippen LogP contribution in [0.3, 0.4) is 0 Å². The zero-order valence-electron chi connectivity index (χ0n) is 21.0. The highest BCUT2D eigenvalue weighted by molar-refractivity contribution is 6.32. The number of nitrogens with zero attached hydrogens (tertiary/aromatic N) is 1. The van der Waals surface area contributed by atoms with E-state index in [9.17, 15) is 9.59 Å². The number of carbonyl (C=O) groups excluding carboxylic acids is 1. The zero-order chi connectivity index (χ0) is 26.3. The van der Waals surface area contributed by atoms with Gasteiger partial charge in [0, 0.05) is 11.6 Å². The molecule has 1 aliphatic heterocycles. The molecule has 37 heavy (non-hydrogen) atoms. The van der Waals surface area contributed by atoms with Crippen LogP contribution in [0, 0.1) is 6.92 Å². The van der Waals surface area contributed by atoms with E-state index < -0.39 is 6.04 Å². The SMILES string of the molecule is COc1ccc(CCN2C(=O)c3oc4cc(C)c(Cl)cc4c(=O)c3C2c2ccc(OC)c(OC)c2)cc1. The number of carbonyl (C=O) groups is 1. The second-order valence-corrected chi connectivity index (χ2v) is 9.29. The highest BCUT2D eigenvalue weighted by Gasteiger charge is 2.42. The smallest absolute Gasteiger partial charge is 0.290 e. The number of amides is 1. The Labute approximate surface area is 219 Å². The van der Waals surface area contributed by atoms with Gasteiger partial charge in [-0.25, -0.2) is 0 Å². The first-order valence-electron chi connectivity index (χ1n) is 11.8. The molecule has 2 heterocycles. The quantitative estimate of drug-likeness (QED) is 0.318. The molecule has 0 bridgehead atoms. The number of rotatable bonds is 7. The number of methoxy groups -OCH3 is 3. The van der Waals surface area contributed by atoms with E-state index in [2.05, 4.69) is 0 Å². The molecule has 0 aliphatic carbocycles. The second kappa shape index (κ2) is 9.82. The molecule has 1 aliphatic rings. The molecule has 1 atom stereocenters. The lowest BCUT2D eigenvalue weighted by atomic mass is 9.97. The molecule has 0 N–H and O–H groups in total. The standard InChI is InChI=1S/C29H26ClNO6/c1-16-13-23-20(15-21(16)30)27(32)25-26(18-7-10-22(35-3)24(14-18)36-4)31(29(33)28(25)37-23)12-11-17-5-8-19(34-2)9-6-17/h5-10,13-15,26H,11-12H2,1-4H3. The molecule has 0 radical (unpaired) electrons. The van der Waals surface area contributed by atoms with Crippen molar-refractivity contribution in [1.29, 1.82) is 0 Å². The number of fused-ring (bicyclic) bond motifs is 2. The van der Waals surface area contributed by atoms with Crippen LogP contribution in [0.5, 0.6) is 17.2 Å². The van der Waals surface area contributed by atoms with Crippen LogP contribution in [0.1, 0.15) is 38.9 Å². The molecule has 7 nitrogen and oxygen atoms in total. The first kappa shape index (κ1) is 24.7. The monoisotopic (exact) mass is 519 g/mol. The van der Waals surface area contributed by atoms with Crippen molar-refractivity contribution in [3.8, 4) is 17.2 Å². The predicted octanol–water partition coefficient (Wildman–Crippen LogP) is 5.57. The first-order valence-corrected chi connectivity index (χ1v) is 12.2. The minimum atomic E-state index is -0.665. The predicted molar refractivity (Wildman–Crippen MR) is 141 cm³/mol. The van der Waals surface area contributed by atoms with Crippen molar-refractivity contribution in [2.75, 3.05) is 27.9 Å². The van der Waals surface area contributed by atoms with Gasteiger partial charge in [-0.3, -0.25) is 9.59 Å². The Morgan fingerprint density at radius 1 is 0.919 bits per heavy atom. The lowest BCUT2D eigenvalue weighted by molar-refractivity contribution is 0.0730. The summed E-state index contributed by atoms with van der Waals surface area (Å²) in [5, 5.41) is 0.799. The highest BCUT2D eigenvalue weighted by Crippen LogP contribution is 2.41. The third-order valence-electron chi connectivity index (χ3n) is 6.77. The van der Waals surface area contributed by atoms with E-state index in [-0.39, 0.29) is 17.1 Å². The van der Waals surface area contributed by atoms with E-state index in [1.54, 1.807) is 50.5 Å². The van der Waals surface area contributed by atoms with Crippen LogP contribution < -0.4 is 19.6 Å². The summed E-state index contributed by atoms with van der Waals surface area (Å²) >= 11 is 6.34. The van der Waals surface area contributed by atoms with Gasteiger partial charge in [-0.2, -0.15) is 0 Å². The van der Waals surface area contributed by atoms with Gasteiger partial charge in [-0.1, -0.05) is 29.8 Å². The van der Waals surface area contributed by atoms with Crippen LogP contribution in [0.25, 0.3) is 11.0 Å². The Bertz CT molecular complexity index is 1560. The fourth-order valence-electron chi connectivity index (χ4n) is 4.78. The van der Waals surface area contributed by atoms with Gasteiger partial charge >= 0.3 is 0 Å². The fraction of sp³-hybridized carbons (Fsp3) is 0.241. The summed E-state index contributed by atoms with van der Waals surface area (Å²) in [6.45, 7) is 2.19.